The Morgan fingerprint density at radius 2 is 2.11 bits per heavy atom. The van der Waals surface area contributed by atoms with Gasteiger partial charge in [0, 0.05) is 49.9 Å². The van der Waals surface area contributed by atoms with Gasteiger partial charge >= 0.3 is 5.69 Å². The first-order chi connectivity index (χ1) is 12.5. The summed E-state index contributed by atoms with van der Waals surface area (Å²) in [7, 11) is 3.24. The van der Waals surface area contributed by atoms with E-state index < -0.39 is 0 Å². The Bertz CT molecular complexity index is 907. The van der Waals surface area contributed by atoms with Crippen molar-refractivity contribution in [3.63, 3.8) is 0 Å². The molecule has 3 heterocycles. The van der Waals surface area contributed by atoms with Crippen LogP contribution in [-0.4, -0.2) is 38.1 Å². The molecule has 7 nitrogen and oxygen atoms in total. The molecular weight excluding hydrogens is 386 g/mol. The lowest BCUT2D eigenvalue weighted by atomic mass is 10.2. The van der Waals surface area contributed by atoms with Gasteiger partial charge in [0.15, 0.2) is 0 Å². The van der Waals surface area contributed by atoms with Gasteiger partial charge in [-0.05, 0) is 32.2 Å². The second kappa shape index (κ2) is 8.26. The Labute approximate surface area is 168 Å². The highest BCUT2D eigenvalue weighted by atomic mass is 35.5. The molecule has 2 aliphatic rings. The number of rotatable bonds is 5. The van der Waals surface area contributed by atoms with Gasteiger partial charge < -0.3 is 9.88 Å². The number of aryl methyl sites for hydroxylation is 3. The molecule has 0 aromatic carbocycles. The molecule has 27 heavy (non-hydrogen) atoms. The fourth-order valence-electron chi connectivity index (χ4n) is 3.96. The summed E-state index contributed by atoms with van der Waals surface area (Å²) in [5, 5.41) is 4.55. The summed E-state index contributed by atoms with van der Waals surface area (Å²) < 4.78 is 2.68. The zero-order valence-electron chi connectivity index (χ0n) is 15.7. The molecule has 0 saturated carbocycles. The molecule has 1 aliphatic carbocycles. The van der Waals surface area contributed by atoms with Gasteiger partial charge in [0.1, 0.15) is 5.01 Å². The summed E-state index contributed by atoms with van der Waals surface area (Å²) in [4.78, 5) is 33.1. The van der Waals surface area contributed by atoms with Crippen LogP contribution in [0.15, 0.2) is 15.8 Å². The number of aromatic nitrogens is 3. The van der Waals surface area contributed by atoms with Crippen molar-refractivity contribution < 1.29 is 0 Å². The Morgan fingerprint density at radius 1 is 1.30 bits per heavy atom. The van der Waals surface area contributed by atoms with Crippen LogP contribution < -0.4 is 16.6 Å². The second-order valence-electron chi connectivity index (χ2n) is 7.29. The van der Waals surface area contributed by atoms with E-state index in [0.717, 1.165) is 43.9 Å². The quantitative estimate of drug-likeness (QED) is 0.788. The third kappa shape index (κ3) is 4.03. The van der Waals surface area contributed by atoms with Crippen molar-refractivity contribution in [2.45, 2.75) is 44.8 Å². The number of hydrogen-bond donors (Lipinski definition) is 1. The van der Waals surface area contributed by atoms with Crippen LogP contribution in [0, 0.1) is 0 Å². The van der Waals surface area contributed by atoms with Crippen LogP contribution in [0.5, 0.6) is 0 Å². The van der Waals surface area contributed by atoms with Crippen LogP contribution in [0.3, 0.4) is 0 Å². The van der Waals surface area contributed by atoms with Crippen LogP contribution in [0.1, 0.15) is 34.0 Å². The second-order valence-corrected chi connectivity index (χ2v) is 8.46. The molecule has 1 fully saturated rings. The largest absolute Gasteiger partial charge is 0.330 e. The van der Waals surface area contributed by atoms with E-state index in [2.05, 4.69) is 10.2 Å². The maximum atomic E-state index is 12.6. The number of halogens is 1. The van der Waals surface area contributed by atoms with Crippen LogP contribution in [-0.2, 0) is 40.0 Å². The third-order valence-electron chi connectivity index (χ3n) is 5.42. The Kier molecular flexibility index (Phi) is 6.20. The molecule has 0 bridgehead atoms. The van der Waals surface area contributed by atoms with Crippen LogP contribution in [0.2, 0.25) is 0 Å². The molecular formula is C18H26ClN5O2S. The highest BCUT2D eigenvalue weighted by Gasteiger charge is 2.26. The smallest absolute Gasteiger partial charge is 0.315 e. The number of thiazole rings is 1. The van der Waals surface area contributed by atoms with E-state index >= 15 is 0 Å². The first-order valence-corrected chi connectivity index (χ1v) is 10.0. The minimum atomic E-state index is -0.288. The van der Waals surface area contributed by atoms with E-state index in [0.29, 0.717) is 18.2 Å². The minimum Gasteiger partial charge on any atom is -0.315 e. The highest BCUT2D eigenvalue weighted by molar-refractivity contribution is 7.11. The van der Waals surface area contributed by atoms with E-state index in [4.69, 9.17) is 4.98 Å². The first-order valence-electron chi connectivity index (χ1n) is 9.20. The predicted molar refractivity (Wildman–Crippen MR) is 109 cm³/mol. The van der Waals surface area contributed by atoms with Crippen molar-refractivity contribution in [1.29, 1.82) is 0 Å². The zero-order chi connectivity index (χ0) is 18.3. The summed E-state index contributed by atoms with van der Waals surface area (Å²) in [5.74, 6) is 0. The average Bonchev–Trinajstić information content (AvgIpc) is 3.34. The van der Waals surface area contributed by atoms with Crippen molar-refractivity contribution in [1.82, 2.24) is 24.3 Å². The number of nitrogens with one attached hydrogen (secondary N) is 1. The van der Waals surface area contributed by atoms with Gasteiger partial charge in [-0.3, -0.25) is 14.3 Å². The fraction of sp³-hybridized carbons (Fsp3) is 0.611. The molecule has 0 amide bonds. The van der Waals surface area contributed by atoms with Gasteiger partial charge in [-0.1, -0.05) is 0 Å². The highest BCUT2D eigenvalue weighted by Crippen LogP contribution is 2.29. The summed E-state index contributed by atoms with van der Waals surface area (Å²) in [6.07, 6.45) is 6.22. The van der Waals surface area contributed by atoms with Gasteiger partial charge in [-0.25, -0.2) is 9.78 Å². The summed E-state index contributed by atoms with van der Waals surface area (Å²) in [6, 6.07) is 0.385. The van der Waals surface area contributed by atoms with Gasteiger partial charge in [-0.15, -0.1) is 23.7 Å². The van der Waals surface area contributed by atoms with E-state index in [1.807, 2.05) is 11.3 Å². The maximum Gasteiger partial charge on any atom is 0.330 e. The maximum absolute atomic E-state index is 12.6. The first kappa shape index (κ1) is 20.3. The molecule has 148 valence electrons. The number of fused-ring (bicyclic) bond motifs is 1. The summed E-state index contributed by atoms with van der Waals surface area (Å²) in [5.41, 5.74) is 1.44. The van der Waals surface area contributed by atoms with E-state index in [1.54, 1.807) is 20.3 Å². The van der Waals surface area contributed by atoms with Crippen molar-refractivity contribution in [3.8, 4) is 0 Å². The van der Waals surface area contributed by atoms with Gasteiger partial charge in [0.25, 0.3) is 5.56 Å². The number of nitrogens with zero attached hydrogens (tertiary/aromatic N) is 4. The molecule has 1 aliphatic heterocycles. The Morgan fingerprint density at radius 3 is 2.81 bits per heavy atom. The normalized spacial score (nSPS) is 18.7. The molecule has 1 N–H and O–H groups in total. The van der Waals surface area contributed by atoms with E-state index in [9.17, 15) is 9.59 Å². The summed E-state index contributed by atoms with van der Waals surface area (Å²) >= 11 is 1.82. The van der Waals surface area contributed by atoms with Gasteiger partial charge in [0.2, 0.25) is 0 Å². The summed E-state index contributed by atoms with van der Waals surface area (Å²) in [6.45, 7) is 3.23. The molecule has 1 saturated heterocycles. The predicted octanol–water partition coefficient (Wildman–Crippen LogP) is 0.815. The molecule has 0 radical (unpaired) electrons. The van der Waals surface area contributed by atoms with Gasteiger partial charge in [0.05, 0.1) is 12.2 Å². The SMILES string of the molecule is Cl.Cn1cc(CN(Cc2nc3c(s2)CCC3)C2CCNC2)c(=O)n(C)c1=O. The molecule has 4 rings (SSSR count). The Hall–Kier alpha value is -1.48. The standard InChI is InChI=1S/C18H25N5O2S.ClH/c1-21-9-12(17(24)22(2)18(21)25)10-23(13-6-7-19-8-13)11-16-20-14-4-3-5-15(14)26-16;/h9,13,19H,3-8,10-11H2,1-2H3;1H. The molecule has 1 unspecified atom stereocenters. The molecule has 1 atom stereocenters. The van der Waals surface area contributed by atoms with Crippen molar-refractivity contribution in [3.05, 3.63) is 48.2 Å². The van der Waals surface area contributed by atoms with Crippen LogP contribution in [0.25, 0.3) is 0 Å². The van der Waals surface area contributed by atoms with Crippen LogP contribution in [0.4, 0.5) is 0 Å². The van der Waals surface area contributed by atoms with E-state index in [1.165, 1.54) is 26.1 Å². The number of hydrogen-bond acceptors (Lipinski definition) is 6. The minimum absolute atomic E-state index is 0. The van der Waals surface area contributed by atoms with E-state index in [-0.39, 0.29) is 23.7 Å². The molecule has 0 spiro atoms. The van der Waals surface area contributed by atoms with Crippen molar-refractivity contribution >= 4 is 23.7 Å². The topological polar surface area (TPSA) is 72.2 Å². The average molecular weight is 412 g/mol. The molecule has 9 heteroatoms. The lowest BCUT2D eigenvalue weighted by Crippen LogP contribution is -2.42. The molecule has 2 aromatic rings. The molecule has 2 aromatic heterocycles. The van der Waals surface area contributed by atoms with Crippen molar-refractivity contribution in [2.24, 2.45) is 14.1 Å². The van der Waals surface area contributed by atoms with Crippen LogP contribution >= 0.6 is 23.7 Å². The monoisotopic (exact) mass is 411 g/mol. The zero-order valence-corrected chi connectivity index (χ0v) is 17.4. The fourth-order valence-corrected chi connectivity index (χ4v) is 5.14. The van der Waals surface area contributed by atoms with Gasteiger partial charge in [-0.2, -0.15) is 0 Å². The lowest BCUT2D eigenvalue weighted by Gasteiger charge is -2.27. The Balaban J connectivity index is 0.00000210. The lowest BCUT2D eigenvalue weighted by molar-refractivity contribution is 0.188. The van der Waals surface area contributed by atoms with Crippen molar-refractivity contribution in [2.75, 3.05) is 13.1 Å². The third-order valence-corrected chi connectivity index (χ3v) is 6.56.